The lowest BCUT2D eigenvalue weighted by molar-refractivity contribution is 0.103. The molecule has 4 aromatic rings. The number of fused-ring (bicyclic) bond motifs is 4. The molecule has 0 amide bonds. The molecule has 0 fully saturated rings. The summed E-state index contributed by atoms with van der Waals surface area (Å²) >= 11 is 0. The van der Waals surface area contributed by atoms with E-state index in [1.54, 1.807) is 19.4 Å². The molecule has 24 heavy (non-hydrogen) atoms. The number of benzene rings is 1. The second kappa shape index (κ2) is 4.35. The van der Waals surface area contributed by atoms with Crippen LogP contribution in [0.15, 0.2) is 53.6 Å². The zero-order chi connectivity index (χ0) is 16.4. The van der Waals surface area contributed by atoms with E-state index >= 15 is 0 Å². The molecule has 0 unspecified atom stereocenters. The van der Waals surface area contributed by atoms with Crippen LogP contribution in [-0.2, 0) is 7.05 Å². The van der Waals surface area contributed by atoms with E-state index in [0.717, 1.165) is 21.7 Å². The number of carbonyl (C=O) groups excluding carboxylic acids is 1. The van der Waals surface area contributed by atoms with Crippen molar-refractivity contribution >= 4 is 27.5 Å². The van der Waals surface area contributed by atoms with Gasteiger partial charge in [0.25, 0.3) is 5.56 Å². The first-order valence-corrected chi connectivity index (χ1v) is 7.58. The first kappa shape index (κ1) is 13.1. The normalized spacial score (nSPS) is 12.6. The highest BCUT2D eigenvalue weighted by atomic mass is 16.1. The Kier molecular flexibility index (Phi) is 2.38. The number of aromatic nitrogens is 3. The fourth-order valence-electron chi connectivity index (χ4n) is 3.40. The lowest BCUT2D eigenvalue weighted by Gasteiger charge is -2.19. The number of hydrogen-bond acceptors (Lipinski definition) is 4. The fourth-order valence-corrected chi connectivity index (χ4v) is 3.40. The molecule has 1 aliphatic rings. The van der Waals surface area contributed by atoms with Crippen LogP contribution in [0.3, 0.4) is 0 Å². The Morgan fingerprint density at radius 2 is 1.79 bits per heavy atom. The van der Waals surface area contributed by atoms with Gasteiger partial charge in [-0.3, -0.25) is 14.6 Å². The highest BCUT2D eigenvalue weighted by Crippen LogP contribution is 2.39. The van der Waals surface area contributed by atoms with Crippen molar-refractivity contribution in [2.75, 3.05) is 0 Å². The molecular weight excluding hydrogens is 302 g/mol. The summed E-state index contributed by atoms with van der Waals surface area (Å²) in [7, 11) is 1.67. The average molecular weight is 313 g/mol. The minimum absolute atomic E-state index is 0.224. The Hall–Kier alpha value is -3.34. The van der Waals surface area contributed by atoms with Crippen LogP contribution in [0.4, 0.5) is 0 Å². The maximum Gasteiger partial charge on any atom is 0.251 e. The van der Waals surface area contributed by atoms with Gasteiger partial charge in [-0.05, 0) is 17.5 Å². The van der Waals surface area contributed by atoms with E-state index in [-0.39, 0.29) is 11.3 Å². The molecule has 0 saturated heterocycles. The summed E-state index contributed by atoms with van der Waals surface area (Å²) in [5, 5.41) is 2.70. The van der Waals surface area contributed by atoms with E-state index in [0.29, 0.717) is 22.5 Å². The third-order valence-corrected chi connectivity index (χ3v) is 4.56. The van der Waals surface area contributed by atoms with Gasteiger partial charge in [-0.2, -0.15) is 0 Å². The van der Waals surface area contributed by atoms with Crippen LogP contribution in [-0.4, -0.2) is 20.3 Å². The van der Waals surface area contributed by atoms with Gasteiger partial charge in [0.1, 0.15) is 5.69 Å². The van der Waals surface area contributed by atoms with Crippen molar-refractivity contribution in [2.24, 2.45) is 7.05 Å². The smallest absolute Gasteiger partial charge is 0.251 e. The van der Waals surface area contributed by atoms with E-state index < -0.39 is 0 Å². The summed E-state index contributed by atoms with van der Waals surface area (Å²) in [6, 6.07) is 11.1. The Balaban J connectivity index is 2.08. The van der Waals surface area contributed by atoms with Gasteiger partial charge < -0.3 is 4.57 Å². The summed E-state index contributed by atoms with van der Waals surface area (Å²) < 4.78 is 1.47. The molecule has 3 heterocycles. The Labute approximate surface area is 136 Å². The second-order valence-electron chi connectivity index (χ2n) is 5.94. The standard InChI is InChI=1S/C19H11N3O2/c1-22-9-13-12(8-15(22)23)19(24)18-16-11(6-7-20-18)10-4-2-3-5-14(10)21-17(13)16/h2-9H,1H3. The first-order valence-electron chi connectivity index (χ1n) is 7.58. The van der Waals surface area contributed by atoms with Gasteiger partial charge in [-0.1, -0.05) is 18.2 Å². The van der Waals surface area contributed by atoms with Crippen LogP contribution in [0.25, 0.3) is 32.9 Å². The van der Waals surface area contributed by atoms with Crippen LogP contribution in [0.1, 0.15) is 16.1 Å². The number of hydrogen-bond donors (Lipinski definition) is 0. The molecular formula is C19H11N3O2. The van der Waals surface area contributed by atoms with Gasteiger partial charge in [0.15, 0.2) is 0 Å². The van der Waals surface area contributed by atoms with Crippen molar-refractivity contribution in [3.8, 4) is 11.3 Å². The van der Waals surface area contributed by atoms with Gasteiger partial charge >= 0.3 is 0 Å². The quantitative estimate of drug-likeness (QED) is 0.412. The van der Waals surface area contributed by atoms with Crippen molar-refractivity contribution < 1.29 is 4.79 Å². The van der Waals surface area contributed by atoms with Gasteiger partial charge in [-0.25, -0.2) is 4.98 Å². The van der Waals surface area contributed by atoms with Crippen LogP contribution in [0, 0.1) is 0 Å². The van der Waals surface area contributed by atoms with Crippen molar-refractivity contribution in [1.29, 1.82) is 0 Å². The molecule has 1 aliphatic carbocycles. The molecule has 0 radical (unpaired) electrons. The monoisotopic (exact) mass is 313 g/mol. The average Bonchev–Trinajstić information content (AvgIpc) is 2.61. The Morgan fingerprint density at radius 3 is 2.67 bits per heavy atom. The van der Waals surface area contributed by atoms with Crippen LogP contribution < -0.4 is 5.56 Å². The zero-order valence-corrected chi connectivity index (χ0v) is 12.8. The molecule has 5 heteroatoms. The third-order valence-electron chi connectivity index (χ3n) is 4.56. The van der Waals surface area contributed by atoms with Gasteiger partial charge in [0, 0.05) is 47.4 Å². The zero-order valence-electron chi connectivity index (χ0n) is 12.8. The molecule has 0 N–H and O–H groups in total. The molecule has 5 rings (SSSR count). The van der Waals surface area contributed by atoms with E-state index in [1.165, 1.54) is 10.6 Å². The van der Waals surface area contributed by atoms with Gasteiger partial charge in [0.2, 0.25) is 5.78 Å². The SMILES string of the molecule is Cn1cc2c(cc1=O)C(=O)c1nccc3c1c-2nc1ccccc13. The summed E-state index contributed by atoms with van der Waals surface area (Å²) in [5.41, 5.74) is 2.75. The van der Waals surface area contributed by atoms with Crippen molar-refractivity contribution in [3.63, 3.8) is 0 Å². The number of carbonyl (C=O) groups is 1. The lowest BCUT2D eigenvalue weighted by Crippen LogP contribution is -2.22. The molecule has 0 spiro atoms. The molecule has 3 aromatic heterocycles. The van der Waals surface area contributed by atoms with Crippen molar-refractivity contribution in [2.45, 2.75) is 0 Å². The van der Waals surface area contributed by atoms with Crippen molar-refractivity contribution in [3.05, 3.63) is 70.4 Å². The summed E-state index contributed by atoms with van der Waals surface area (Å²) in [6.45, 7) is 0. The van der Waals surface area contributed by atoms with Crippen LogP contribution in [0.5, 0.6) is 0 Å². The highest BCUT2D eigenvalue weighted by Gasteiger charge is 2.29. The molecule has 5 nitrogen and oxygen atoms in total. The second-order valence-corrected chi connectivity index (χ2v) is 5.94. The number of aryl methyl sites for hydroxylation is 1. The molecule has 0 saturated carbocycles. The molecule has 0 atom stereocenters. The Morgan fingerprint density at radius 1 is 0.958 bits per heavy atom. The number of ketones is 1. The van der Waals surface area contributed by atoms with Crippen LogP contribution in [0.2, 0.25) is 0 Å². The van der Waals surface area contributed by atoms with E-state index in [9.17, 15) is 9.59 Å². The summed E-state index contributed by atoms with van der Waals surface area (Å²) in [5.74, 6) is -0.224. The van der Waals surface area contributed by atoms with E-state index in [4.69, 9.17) is 4.98 Å². The van der Waals surface area contributed by atoms with E-state index in [1.807, 2.05) is 30.3 Å². The fraction of sp³-hybridized carbons (Fsp3) is 0.0526. The predicted molar refractivity (Wildman–Crippen MR) is 91.2 cm³/mol. The number of para-hydroxylation sites is 1. The summed E-state index contributed by atoms with van der Waals surface area (Å²) in [6.07, 6.45) is 3.32. The maximum atomic E-state index is 12.9. The molecule has 114 valence electrons. The largest absolute Gasteiger partial charge is 0.318 e. The minimum atomic E-state index is -0.224. The minimum Gasteiger partial charge on any atom is -0.318 e. The number of nitrogens with zero attached hydrogens (tertiary/aromatic N) is 3. The van der Waals surface area contributed by atoms with Crippen LogP contribution >= 0.6 is 0 Å². The first-order chi connectivity index (χ1) is 11.6. The molecule has 0 bridgehead atoms. The van der Waals surface area contributed by atoms with Gasteiger partial charge in [-0.15, -0.1) is 0 Å². The number of rotatable bonds is 0. The third kappa shape index (κ3) is 1.53. The summed E-state index contributed by atoms with van der Waals surface area (Å²) in [4.78, 5) is 33.9. The van der Waals surface area contributed by atoms with Crippen molar-refractivity contribution in [1.82, 2.24) is 14.5 Å². The topological polar surface area (TPSA) is 64.8 Å². The van der Waals surface area contributed by atoms with E-state index in [2.05, 4.69) is 4.98 Å². The van der Waals surface area contributed by atoms with Gasteiger partial charge in [0.05, 0.1) is 11.2 Å². The predicted octanol–water partition coefficient (Wildman–Crippen LogP) is 2.69. The maximum absolute atomic E-state index is 12.9. The highest BCUT2D eigenvalue weighted by molar-refractivity contribution is 6.27. The molecule has 0 aliphatic heterocycles. The lowest BCUT2D eigenvalue weighted by atomic mass is 9.88. The Bertz CT molecular complexity index is 1250. The number of pyridine rings is 3. The molecule has 1 aromatic carbocycles.